The number of nitrogens with one attached hydrogen (secondary N) is 1. The molecule has 0 aliphatic heterocycles. The maximum absolute atomic E-state index is 13.3. The monoisotopic (exact) mass is 274 g/mol. The standard InChI is InChI=1S/C12H19FN2O2S/c1-4-8(2)9(3)15-18(16,17)11-7-5-6-10(13)12(11)14/h5-9,15H,4,14H2,1-3H3. The fourth-order valence-corrected chi connectivity index (χ4v) is 3.02. The molecule has 0 aromatic heterocycles. The minimum absolute atomic E-state index is 0.189. The molecule has 1 aromatic carbocycles. The third-order valence-electron chi connectivity index (χ3n) is 3.14. The Balaban J connectivity index is 3.04. The Morgan fingerprint density at radius 3 is 2.56 bits per heavy atom. The van der Waals surface area contributed by atoms with Gasteiger partial charge in [-0.1, -0.05) is 26.3 Å². The van der Waals surface area contributed by atoms with Gasteiger partial charge >= 0.3 is 0 Å². The second-order valence-electron chi connectivity index (χ2n) is 4.45. The van der Waals surface area contributed by atoms with E-state index in [0.717, 1.165) is 12.5 Å². The SMILES string of the molecule is CCC(C)C(C)NS(=O)(=O)c1cccc(F)c1N. The third-order valence-corrected chi connectivity index (χ3v) is 4.76. The summed E-state index contributed by atoms with van der Waals surface area (Å²) in [7, 11) is -3.78. The molecule has 0 heterocycles. The number of rotatable bonds is 5. The van der Waals surface area contributed by atoms with E-state index in [0.29, 0.717) is 0 Å². The number of para-hydroxylation sites is 1. The molecule has 18 heavy (non-hydrogen) atoms. The Hall–Kier alpha value is -1.14. The van der Waals surface area contributed by atoms with E-state index in [1.165, 1.54) is 12.1 Å². The zero-order valence-electron chi connectivity index (χ0n) is 10.8. The maximum Gasteiger partial charge on any atom is 0.242 e. The first kappa shape index (κ1) is 14.9. The van der Waals surface area contributed by atoms with Crippen molar-refractivity contribution in [2.24, 2.45) is 5.92 Å². The first-order chi connectivity index (χ1) is 8.29. The molecule has 0 aliphatic carbocycles. The summed E-state index contributed by atoms with van der Waals surface area (Å²) in [6, 6.07) is 3.52. The van der Waals surface area contributed by atoms with Gasteiger partial charge in [0.2, 0.25) is 10.0 Å². The van der Waals surface area contributed by atoms with Crippen LogP contribution in [0.1, 0.15) is 27.2 Å². The molecule has 2 atom stereocenters. The smallest absolute Gasteiger partial charge is 0.242 e. The molecule has 102 valence electrons. The summed E-state index contributed by atoms with van der Waals surface area (Å²) in [4.78, 5) is -0.211. The number of anilines is 1. The largest absolute Gasteiger partial charge is 0.395 e. The topological polar surface area (TPSA) is 72.2 Å². The number of halogens is 1. The van der Waals surface area contributed by atoms with E-state index < -0.39 is 15.8 Å². The van der Waals surface area contributed by atoms with Gasteiger partial charge in [0.05, 0.1) is 5.69 Å². The minimum Gasteiger partial charge on any atom is -0.395 e. The highest BCUT2D eigenvalue weighted by Gasteiger charge is 2.23. The number of sulfonamides is 1. The fourth-order valence-electron chi connectivity index (χ4n) is 1.53. The van der Waals surface area contributed by atoms with E-state index in [1.807, 2.05) is 13.8 Å². The molecule has 0 fully saturated rings. The summed E-state index contributed by atoms with van der Waals surface area (Å²) in [5.74, 6) is -0.538. The quantitative estimate of drug-likeness (QED) is 0.808. The van der Waals surface area contributed by atoms with Crippen LogP contribution in [0, 0.1) is 11.7 Å². The van der Waals surface area contributed by atoms with E-state index in [-0.39, 0.29) is 22.5 Å². The number of nitrogens with two attached hydrogens (primary N) is 1. The highest BCUT2D eigenvalue weighted by Crippen LogP contribution is 2.22. The summed E-state index contributed by atoms with van der Waals surface area (Å²) in [5.41, 5.74) is 5.11. The Morgan fingerprint density at radius 1 is 1.39 bits per heavy atom. The molecule has 0 bridgehead atoms. The van der Waals surface area contributed by atoms with E-state index in [9.17, 15) is 12.8 Å². The molecular formula is C12H19FN2O2S. The second-order valence-corrected chi connectivity index (χ2v) is 6.13. The fraction of sp³-hybridized carbons (Fsp3) is 0.500. The van der Waals surface area contributed by atoms with Crippen molar-refractivity contribution in [2.75, 3.05) is 5.73 Å². The highest BCUT2D eigenvalue weighted by atomic mass is 32.2. The van der Waals surface area contributed by atoms with Gasteiger partial charge in [-0.2, -0.15) is 0 Å². The summed E-state index contributed by atoms with van der Waals surface area (Å²) in [6.07, 6.45) is 0.850. The Morgan fingerprint density at radius 2 is 2.00 bits per heavy atom. The Labute approximate surface area is 107 Å². The molecule has 0 saturated heterocycles. The lowest BCUT2D eigenvalue weighted by Crippen LogP contribution is -2.37. The van der Waals surface area contributed by atoms with Crippen molar-refractivity contribution < 1.29 is 12.8 Å². The van der Waals surface area contributed by atoms with E-state index >= 15 is 0 Å². The third kappa shape index (κ3) is 3.20. The van der Waals surface area contributed by atoms with Gasteiger partial charge in [-0.25, -0.2) is 17.5 Å². The average molecular weight is 274 g/mol. The summed E-state index contributed by atoms with van der Waals surface area (Å²) >= 11 is 0. The number of hydrogen-bond donors (Lipinski definition) is 2. The van der Waals surface area contributed by atoms with Gasteiger partial charge < -0.3 is 5.73 Å². The molecule has 0 saturated carbocycles. The lowest BCUT2D eigenvalue weighted by atomic mass is 10.0. The summed E-state index contributed by atoms with van der Waals surface area (Å²) in [6.45, 7) is 5.70. The lowest BCUT2D eigenvalue weighted by molar-refractivity contribution is 0.434. The lowest BCUT2D eigenvalue weighted by Gasteiger charge is -2.20. The van der Waals surface area contributed by atoms with Crippen LogP contribution in [0.25, 0.3) is 0 Å². The van der Waals surface area contributed by atoms with Crippen molar-refractivity contribution in [3.05, 3.63) is 24.0 Å². The summed E-state index contributed by atoms with van der Waals surface area (Å²) in [5, 5.41) is 0. The highest BCUT2D eigenvalue weighted by molar-refractivity contribution is 7.89. The molecule has 3 N–H and O–H groups in total. The van der Waals surface area contributed by atoms with Crippen LogP contribution in [0.2, 0.25) is 0 Å². The van der Waals surface area contributed by atoms with Crippen LogP contribution >= 0.6 is 0 Å². The van der Waals surface area contributed by atoms with Gasteiger partial charge in [-0.3, -0.25) is 0 Å². The second kappa shape index (κ2) is 5.67. The zero-order chi connectivity index (χ0) is 13.9. The molecule has 0 radical (unpaired) electrons. The molecule has 6 heteroatoms. The van der Waals surface area contributed by atoms with Gasteiger partial charge in [0.1, 0.15) is 10.7 Å². The number of benzene rings is 1. The minimum atomic E-state index is -3.78. The molecule has 0 amide bonds. The average Bonchev–Trinajstić information content (AvgIpc) is 2.30. The van der Waals surface area contributed by atoms with Gasteiger partial charge in [0.15, 0.2) is 0 Å². The maximum atomic E-state index is 13.3. The van der Waals surface area contributed by atoms with Crippen LogP contribution in [-0.4, -0.2) is 14.5 Å². The zero-order valence-corrected chi connectivity index (χ0v) is 11.6. The van der Waals surface area contributed by atoms with Crippen molar-refractivity contribution in [2.45, 2.75) is 38.1 Å². The van der Waals surface area contributed by atoms with Crippen LogP contribution in [0.15, 0.2) is 23.1 Å². The Bertz CT molecular complexity index is 517. The predicted molar refractivity (Wildman–Crippen MR) is 70.1 cm³/mol. The van der Waals surface area contributed by atoms with Crippen LogP contribution < -0.4 is 10.5 Å². The normalized spacial score (nSPS) is 15.3. The van der Waals surface area contributed by atoms with Crippen LogP contribution in [-0.2, 0) is 10.0 Å². The van der Waals surface area contributed by atoms with Crippen LogP contribution in [0.3, 0.4) is 0 Å². The number of nitrogen functional groups attached to an aromatic ring is 1. The van der Waals surface area contributed by atoms with Crippen LogP contribution in [0.4, 0.5) is 10.1 Å². The number of hydrogen-bond acceptors (Lipinski definition) is 3. The van der Waals surface area contributed by atoms with E-state index in [4.69, 9.17) is 5.73 Å². The molecule has 4 nitrogen and oxygen atoms in total. The van der Waals surface area contributed by atoms with Gasteiger partial charge in [0.25, 0.3) is 0 Å². The predicted octanol–water partition coefficient (Wildman–Crippen LogP) is 2.12. The summed E-state index contributed by atoms with van der Waals surface area (Å²) < 4.78 is 39.9. The first-order valence-electron chi connectivity index (χ1n) is 5.86. The van der Waals surface area contributed by atoms with Gasteiger partial charge in [0, 0.05) is 6.04 Å². The molecule has 2 unspecified atom stereocenters. The first-order valence-corrected chi connectivity index (χ1v) is 7.34. The van der Waals surface area contributed by atoms with Gasteiger partial charge in [-0.15, -0.1) is 0 Å². The molecule has 0 spiro atoms. The Kier molecular flexibility index (Phi) is 4.70. The van der Waals surface area contributed by atoms with Crippen molar-refractivity contribution in [1.29, 1.82) is 0 Å². The van der Waals surface area contributed by atoms with Crippen molar-refractivity contribution in [3.63, 3.8) is 0 Å². The molecule has 1 rings (SSSR count). The van der Waals surface area contributed by atoms with E-state index in [1.54, 1.807) is 6.92 Å². The van der Waals surface area contributed by atoms with Crippen molar-refractivity contribution in [1.82, 2.24) is 4.72 Å². The van der Waals surface area contributed by atoms with Crippen molar-refractivity contribution in [3.8, 4) is 0 Å². The molecular weight excluding hydrogens is 255 g/mol. The van der Waals surface area contributed by atoms with Gasteiger partial charge in [-0.05, 0) is 25.0 Å². The van der Waals surface area contributed by atoms with Crippen molar-refractivity contribution >= 4 is 15.7 Å². The van der Waals surface area contributed by atoms with E-state index in [2.05, 4.69) is 4.72 Å². The van der Waals surface area contributed by atoms with Crippen LogP contribution in [0.5, 0.6) is 0 Å². The molecule has 1 aromatic rings. The molecule has 0 aliphatic rings.